The average molecular weight is 379 g/mol. The lowest BCUT2D eigenvalue weighted by Crippen LogP contribution is -2.18. The Morgan fingerprint density at radius 3 is 2.59 bits per heavy atom. The van der Waals surface area contributed by atoms with Gasteiger partial charge < -0.3 is 4.74 Å². The Morgan fingerprint density at radius 2 is 2.06 bits per heavy atom. The molecule has 0 radical (unpaired) electrons. The molecule has 17 heavy (non-hydrogen) atoms. The van der Waals surface area contributed by atoms with Gasteiger partial charge in [0.1, 0.15) is 5.75 Å². The van der Waals surface area contributed by atoms with Crippen molar-refractivity contribution < 1.29 is 22.7 Å². The molecule has 0 aliphatic heterocycles. The van der Waals surface area contributed by atoms with E-state index < -0.39 is 6.36 Å². The smallest absolute Gasteiger partial charge is 0.405 e. The van der Waals surface area contributed by atoms with Gasteiger partial charge in [0.15, 0.2) is 5.78 Å². The number of carbonyl (C=O) groups excluding carboxylic acids is 1. The SMILES string of the molecule is O=C(CCCl)c1ccc(I)c(OC(F)(F)F)c1. The Kier molecular flexibility index (Phi) is 5.05. The molecule has 0 amide bonds. The van der Waals surface area contributed by atoms with Gasteiger partial charge in [-0.25, -0.2) is 0 Å². The fourth-order valence-electron chi connectivity index (χ4n) is 1.11. The molecule has 0 saturated carbocycles. The third-order valence-electron chi connectivity index (χ3n) is 1.80. The Morgan fingerprint density at radius 1 is 1.41 bits per heavy atom. The summed E-state index contributed by atoms with van der Waals surface area (Å²) < 4.78 is 40.3. The van der Waals surface area contributed by atoms with Crippen molar-refractivity contribution in [2.24, 2.45) is 0 Å². The van der Waals surface area contributed by atoms with Crippen LogP contribution < -0.4 is 4.74 Å². The molecule has 1 aromatic rings. The Hall–Kier alpha value is -0.500. The highest BCUT2D eigenvalue weighted by atomic mass is 127. The summed E-state index contributed by atoms with van der Waals surface area (Å²) in [5.74, 6) is -0.567. The molecular weight excluding hydrogens is 371 g/mol. The molecule has 0 aliphatic carbocycles. The van der Waals surface area contributed by atoms with E-state index in [9.17, 15) is 18.0 Å². The number of hydrogen-bond donors (Lipinski definition) is 0. The van der Waals surface area contributed by atoms with E-state index >= 15 is 0 Å². The second kappa shape index (κ2) is 5.90. The molecule has 0 aromatic heterocycles. The number of carbonyl (C=O) groups is 1. The second-order valence-electron chi connectivity index (χ2n) is 3.06. The van der Waals surface area contributed by atoms with Crippen molar-refractivity contribution in [1.29, 1.82) is 0 Å². The standard InChI is InChI=1S/C10H7ClF3IO2/c11-4-3-8(16)6-1-2-7(15)9(5-6)17-10(12,13)14/h1-2,5H,3-4H2. The van der Waals surface area contributed by atoms with Crippen molar-refractivity contribution in [3.63, 3.8) is 0 Å². The number of Topliss-reactive ketones (excluding diaryl/α,β-unsaturated/α-hetero) is 1. The van der Waals surface area contributed by atoms with Gasteiger partial charge in [0.25, 0.3) is 0 Å². The van der Waals surface area contributed by atoms with E-state index in [1.807, 2.05) is 0 Å². The average Bonchev–Trinajstić information content (AvgIpc) is 2.19. The largest absolute Gasteiger partial charge is 0.573 e. The Bertz CT molecular complexity index is 421. The van der Waals surface area contributed by atoms with Crippen LogP contribution in [0.3, 0.4) is 0 Å². The van der Waals surface area contributed by atoms with Crippen LogP contribution in [-0.4, -0.2) is 18.0 Å². The van der Waals surface area contributed by atoms with Gasteiger partial charge in [-0.3, -0.25) is 4.79 Å². The van der Waals surface area contributed by atoms with Crippen molar-refractivity contribution >= 4 is 40.0 Å². The second-order valence-corrected chi connectivity index (χ2v) is 4.60. The number of hydrogen-bond acceptors (Lipinski definition) is 2. The van der Waals surface area contributed by atoms with Gasteiger partial charge in [-0.15, -0.1) is 24.8 Å². The first kappa shape index (κ1) is 14.6. The molecule has 0 bridgehead atoms. The van der Waals surface area contributed by atoms with Crippen LogP contribution in [0.15, 0.2) is 18.2 Å². The van der Waals surface area contributed by atoms with Crippen molar-refractivity contribution in [1.82, 2.24) is 0 Å². The van der Waals surface area contributed by atoms with Crippen LogP contribution in [0, 0.1) is 3.57 Å². The minimum Gasteiger partial charge on any atom is -0.405 e. The minimum atomic E-state index is -4.77. The molecule has 0 fully saturated rings. The summed E-state index contributed by atoms with van der Waals surface area (Å²) in [5.41, 5.74) is 0.158. The summed E-state index contributed by atoms with van der Waals surface area (Å²) in [6, 6.07) is 3.91. The third kappa shape index (κ3) is 4.71. The Balaban J connectivity index is 2.98. The molecule has 0 unspecified atom stereocenters. The van der Waals surface area contributed by atoms with E-state index in [-0.39, 0.29) is 33.0 Å². The fraction of sp³-hybridized carbons (Fsp3) is 0.300. The maximum Gasteiger partial charge on any atom is 0.573 e. The zero-order valence-corrected chi connectivity index (χ0v) is 11.3. The molecule has 1 aromatic carbocycles. The molecule has 0 saturated heterocycles. The van der Waals surface area contributed by atoms with Gasteiger partial charge in [-0.2, -0.15) is 0 Å². The lowest BCUT2D eigenvalue weighted by Gasteiger charge is -2.11. The van der Waals surface area contributed by atoms with Gasteiger partial charge in [0.2, 0.25) is 0 Å². The maximum atomic E-state index is 12.1. The first-order valence-corrected chi connectivity index (χ1v) is 6.09. The van der Waals surface area contributed by atoms with Crippen molar-refractivity contribution in [3.8, 4) is 5.75 Å². The molecule has 94 valence electrons. The van der Waals surface area contributed by atoms with Gasteiger partial charge in [0, 0.05) is 17.9 Å². The first-order chi connectivity index (χ1) is 7.83. The molecule has 7 heteroatoms. The van der Waals surface area contributed by atoms with Crippen LogP contribution in [0.5, 0.6) is 5.75 Å². The summed E-state index contributed by atoms with van der Waals surface area (Å²) >= 11 is 7.09. The molecule has 0 N–H and O–H groups in total. The van der Waals surface area contributed by atoms with E-state index in [0.29, 0.717) is 0 Å². The lowest BCUT2D eigenvalue weighted by atomic mass is 10.1. The summed E-state index contributed by atoms with van der Waals surface area (Å²) in [4.78, 5) is 11.5. The highest BCUT2D eigenvalue weighted by Crippen LogP contribution is 2.28. The monoisotopic (exact) mass is 378 g/mol. The lowest BCUT2D eigenvalue weighted by molar-refractivity contribution is -0.274. The third-order valence-corrected chi connectivity index (χ3v) is 2.88. The molecular formula is C10H7ClF3IO2. The fourth-order valence-corrected chi connectivity index (χ4v) is 1.73. The van der Waals surface area contributed by atoms with Crippen molar-refractivity contribution in [3.05, 3.63) is 27.3 Å². The predicted octanol–water partition coefficient (Wildman–Crippen LogP) is 4.00. The molecule has 0 heterocycles. The van der Waals surface area contributed by atoms with E-state index in [1.165, 1.54) is 12.1 Å². The first-order valence-electron chi connectivity index (χ1n) is 4.48. The van der Waals surface area contributed by atoms with E-state index in [2.05, 4.69) is 4.74 Å². The number of ether oxygens (including phenoxy) is 1. The summed E-state index contributed by atoms with van der Waals surface area (Å²) in [6.45, 7) is 0. The summed E-state index contributed by atoms with van der Waals surface area (Å²) in [6.07, 6.45) is -4.69. The molecule has 1 rings (SSSR count). The van der Waals surface area contributed by atoms with Crippen molar-refractivity contribution in [2.75, 3.05) is 5.88 Å². The minimum absolute atomic E-state index is 0.0770. The quantitative estimate of drug-likeness (QED) is 0.450. The zero-order valence-electron chi connectivity index (χ0n) is 8.35. The number of halogens is 5. The van der Waals surface area contributed by atoms with Crippen LogP contribution in [0.4, 0.5) is 13.2 Å². The number of ketones is 1. The van der Waals surface area contributed by atoms with Crippen molar-refractivity contribution in [2.45, 2.75) is 12.8 Å². The van der Waals surface area contributed by atoms with Crippen LogP contribution in [0.1, 0.15) is 16.8 Å². The number of benzene rings is 1. The van der Waals surface area contributed by atoms with Crippen LogP contribution >= 0.6 is 34.2 Å². The van der Waals surface area contributed by atoms with Gasteiger partial charge in [0.05, 0.1) is 3.57 Å². The zero-order chi connectivity index (χ0) is 13.1. The molecule has 0 spiro atoms. The normalized spacial score (nSPS) is 11.4. The highest BCUT2D eigenvalue weighted by molar-refractivity contribution is 14.1. The maximum absolute atomic E-state index is 12.1. The predicted molar refractivity (Wildman–Crippen MR) is 65.5 cm³/mol. The van der Waals surface area contributed by atoms with Crippen LogP contribution in [-0.2, 0) is 0 Å². The van der Waals surface area contributed by atoms with Gasteiger partial charge in [-0.1, -0.05) is 6.07 Å². The van der Waals surface area contributed by atoms with Gasteiger partial charge in [-0.05, 0) is 34.7 Å². The molecule has 0 aliphatic rings. The number of rotatable bonds is 4. The van der Waals surface area contributed by atoms with E-state index in [0.717, 1.165) is 6.07 Å². The number of alkyl halides is 4. The van der Waals surface area contributed by atoms with E-state index in [4.69, 9.17) is 11.6 Å². The molecule has 2 nitrogen and oxygen atoms in total. The van der Waals surface area contributed by atoms with E-state index in [1.54, 1.807) is 22.6 Å². The Labute approximate surface area is 114 Å². The van der Waals surface area contributed by atoms with Crippen LogP contribution in [0.25, 0.3) is 0 Å². The topological polar surface area (TPSA) is 26.3 Å². The summed E-state index contributed by atoms with van der Waals surface area (Å²) in [7, 11) is 0. The summed E-state index contributed by atoms with van der Waals surface area (Å²) in [5, 5.41) is 0. The molecule has 0 atom stereocenters. The van der Waals surface area contributed by atoms with Crippen LogP contribution in [0.2, 0.25) is 0 Å². The van der Waals surface area contributed by atoms with Gasteiger partial charge >= 0.3 is 6.36 Å². The highest BCUT2D eigenvalue weighted by Gasteiger charge is 2.32.